The van der Waals surface area contributed by atoms with Crippen LogP contribution in [0.1, 0.15) is 17.0 Å². The first-order valence-corrected chi connectivity index (χ1v) is 8.74. The van der Waals surface area contributed by atoms with Crippen molar-refractivity contribution in [1.82, 2.24) is 14.1 Å². The highest BCUT2D eigenvalue weighted by Gasteiger charge is 2.25. The maximum atomic E-state index is 12.7. The topological polar surface area (TPSA) is 55.2 Å². The number of hydrogen-bond acceptors (Lipinski definition) is 3. The molecule has 0 aliphatic heterocycles. The number of benzene rings is 1. The maximum Gasteiger partial charge on any atom is 0.244 e. The summed E-state index contributed by atoms with van der Waals surface area (Å²) in [4.78, 5) is 0.0419. The average Bonchev–Trinajstić information content (AvgIpc) is 2.64. The van der Waals surface area contributed by atoms with E-state index in [1.54, 1.807) is 4.68 Å². The minimum atomic E-state index is -3.70. The molecular formula is C14H17Cl2N3O2S. The smallest absolute Gasteiger partial charge is 0.244 e. The number of aromatic nitrogens is 2. The highest BCUT2D eigenvalue weighted by Crippen LogP contribution is 2.28. The minimum absolute atomic E-state index is 0.0419. The van der Waals surface area contributed by atoms with E-state index < -0.39 is 10.0 Å². The molecule has 22 heavy (non-hydrogen) atoms. The van der Waals surface area contributed by atoms with E-state index in [4.69, 9.17) is 23.2 Å². The Hall–Kier alpha value is -1.08. The quantitative estimate of drug-likeness (QED) is 0.840. The van der Waals surface area contributed by atoms with Crippen LogP contribution in [0.3, 0.4) is 0 Å². The van der Waals surface area contributed by atoms with Crippen LogP contribution in [0.5, 0.6) is 0 Å². The SMILES string of the molecule is Cc1nn(C)c(C)c1CN(C)S(=O)(=O)c1ccc(Cl)cc1Cl. The predicted molar refractivity (Wildman–Crippen MR) is 87.8 cm³/mol. The van der Waals surface area contributed by atoms with Crippen LogP contribution in [0.4, 0.5) is 0 Å². The van der Waals surface area contributed by atoms with E-state index >= 15 is 0 Å². The van der Waals surface area contributed by atoms with Gasteiger partial charge in [0.2, 0.25) is 10.0 Å². The number of nitrogens with zero attached hydrogens (tertiary/aromatic N) is 3. The van der Waals surface area contributed by atoms with Crippen LogP contribution in [0.2, 0.25) is 10.0 Å². The van der Waals surface area contributed by atoms with Crippen LogP contribution in [0, 0.1) is 13.8 Å². The molecule has 1 aromatic carbocycles. The summed E-state index contributed by atoms with van der Waals surface area (Å²) in [5.74, 6) is 0. The van der Waals surface area contributed by atoms with E-state index in [0.29, 0.717) is 5.02 Å². The number of rotatable bonds is 4. The van der Waals surface area contributed by atoms with E-state index in [2.05, 4.69) is 5.10 Å². The third-order valence-electron chi connectivity index (χ3n) is 3.62. The van der Waals surface area contributed by atoms with Crippen molar-refractivity contribution >= 4 is 33.2 Å². The van der Waals surface area contributed by atoms with Gasteiger partial charge in [0.05, 0.1) is 10.7 Å². The molecule has 0 N–H and O–H groups in total. The molecule has 5 nitrogen and oxygen atoms in total. The highest BCUT2D eigenvalue weighted by atomic mass is 35.5. The Kier molecular flexibility index (Phi) is 4.87. The number of aryl methyl sites for hydroxylation is 2. The lowest BCUT2D eigenvalue weighted by Gasteiger charge is -2.18. The summed E-state index contributed by atoms with van der Waals surface area (Å²) in [6.45, 7) is 4.00. The first-order chi connectivity index (χ1) is 10.1. The van der Waals surface area contributed by atoms with Gasteiger partial charge in [0.15, 0.2) is 0 Å². The second-order valence-corrected chi connectivity index (χ2v) is 7.97. The van der Waals surface area contributed by atoms with Crippen LogP contribution in [-0.4, -0.2) is 29.6 Å². The molecule has 0 aliphatic rings. The van der Waals surface area contributed by atoms with E-state index in [0.717, 1.165) is 17.0 Å². The zero-order chi connectivity index (χ0) is 16.7. The van der Waals surface area contributed by atoms with Gasteiger partial charge in [-0.05, 0) is 32.0 Å². The van der Waals surface area contributed by atoms with Crippen LogP contribution in [-0.2, 0) is 23.6 Å². The predicted octanol–water partition coefficient (Wildman–Crippen LogP) is 3.16. The van der Waals surface area contributed by atoms with E-state index in [9.17, 15) is 8.42 Å². The van der Waals surface area contributed by atoms with Gasteiger partial charge in [0, 0.05) is 36.9 Å². The fourth-order valence-electron chi connectivity index (χ4n) is 2.21. The molecule has 0 saturated carbocycles. The van der Waals surface area contributed by atoms with E-state index in [-0.39, 0.29) is 16.5 Å². The molecule has 0 spiro atoms. The monoisotopic (exact) mass is 361 g/mol. The Balaban J connectivity index is 2.37. The summed E-state index contributed by atoms with van der Waals surface area (Å²) in [5.41, 5.74) is 2.63. The Morgan fingerprint density at radius 2 is 1.91 bits per heavy atom. The second-order valence-electron chi connectivity index (χ2n) is 5.11. The Bertz CT molecular complexity index is 816. The van der Waals surface area contributed by atoms with Crippen molar-refractivity contribution in [3.8, 4) is 0 Å². The van der Waals surface area contributed by atoms with Crippen LogP contribution in [0.15, 0.2) is 23.1 Å². The standard InChI is InChI=1S/C14H17Cl2N3O2S/c1-9-12(10(2)19(4)17-9)8-18(3)22(20,21)14-6-5-11(15)7-13(14)16/h5-7H,8H2,1-4H3. The maximum absolute atomic E-state index is 12.7. The molecule has 0 fully saturated rings. The lowest BCUT2D eigenvalue weighted by molar-refractivity contribution is 0.465. The lowest BCUT2D eigenvalue weighted by atomic mass is 10.2. The van der Waals surface area contributed by atoms with Gasteiger partial charge in [-0.3, -0.25) is 4.68 Å². The van der Waals surface area contributed by atoms with Gasteiger partial charge in [-0.1, -0.05) is 23.2 Å². The van der Waals surface area contributed by atoms with Crippen LogP contribution < -0.4 is 0 Å². The summed E-state index contributed by atoms with van der Waals surface area (Å²) in [6, 6.07) is 4.35. The number of hydrogen-bond donors (Lipinski definition) is 0. The van der Waals surface area contributed by atoms with Crippen molar-refractivity contribution in [3.63, 3.8) is 0 Å². The molecule has 1 heterocycles. The molecule has 0 aliphatic carbocycles. The van der Waals surface area contributed by atoms with Gasteiger partial charge in [-0.15, -0.1) is 0 Å². The molecule has 1 aromatic heterocycles. The Morgan fingerprint density at radius 3 is 2.41 bits per heavy atom. The third kappa shape index (κ3) is 3.15. The van der Waals surface area contributed by atoms with Gasteiger partial charge in [-0.25, -0.2) is 8.42 Å². The summed E-state index contributed by atoms with van der Waals surface area (Å²) < 4.78 is 28.3. The highest BCUT2D eigenvalue weighted by molar-refractivity contribution is 7.89. The van der Waals surface area contributed by atoms with E-state index in [1.807, 2.05) is 20.9 Å². The van der Waals surface area contributed by atoms with Gasteiger partial charge in [0.1, 0.15) is 4.90 Å². The van der Waals surface area contributed by atoms with Crippen molar-refractivity contribution in [2.24, 2.45) is 7.05 Å². The minimum Gasteiger partial charge on any atom is -0.272 e. The lowest BCUT2D eigenvalue weighted by Crippen LogP contribution is -2.27. The molecule has 120 valence electrons. The molecule has 0 amide bonds. The molecule has 0 radical (unpaired) electrons. The third-order valence-corrected chi connectivity index (χ3v) is 6.14. The van der Waals surface area contributed by atoms with Crippen LogP contribution >= 0.6 is 23.2 Å². The second kappa shape index (κ2) is 6.20. The van der Waals surface area contributed by atoms with Crippen molar-refractivity contribution in [2.45, 2.75) is 25.3 Å². The molecular weight excluding hydrogens is 345 g/mol. The normalized spacial score (nSPS) is 12.1. The summed E-state index contributed by atoms with van der Waals surface area (Å²) in [7, 11) is -0.353. The Morgan fingerprint density at radius 1 is 1.27 bits per heavy atom. The van der Waals surface area contributed by atoms with Crippen molar-refractivity contribution in [1.29, 1.82) is 0 Å². The number of halogens is 2. The summed E-state index contributed by atoms with van der Waals surface area (Å²) in [5, 5.41) is 4.80. The first kappa shape index (κ1) is 17.3. The summed E-state index contributed by atoms with van der Waals surface area (Å²) >= 11 is 11.8. The van der Waals surface area contributed by atoms with Crippen molar-refractivity contribution in [3.05, 3.63) is 45.2 Å². The molecule has 2 rings (SSSR count). The molecule has 2 aromatic rings. The fourth-order valence-corrected chi connectivity index (χ4v) is 4.09. The molecule has 0 unspecified atom stereocenters. The molecule has 0 saturated heterocycles. The number of sulfonamides is 1. The first-order valence-electron chi connectivity index (χ1n) is 6.55. The van der Waals surface area contributed by atoms with E-state index in [1.165, 1.54) is 29.6 Å². The molecule has 0 bridgehead atoms. The van der Waals surface area contributed by atoms with Gasteiger partial charge in [-0.2, -0.15) is 9.40 Å². The zero-order valence-electron chi connectivity index (χ0n) is 12.8. The average molecular weight is 362 g/mol. The van der Waals surface area contributed by atoms with Gasteiger partial charge in [0.25, 0.3) is 0 Å². The fraction of sp³-hybridized carbons (Fsp3) is 0.357. The van der Waals surface area contributed by atoms with Crippen LogP contribution in [0.25, 0.3) is 0 Å². The van der Waals surface area contributed by atoms with Gasteiger partial charge < -0.3 is 0 Å². The molecule has 0 atom stereocenters. The molecule has 8 heteroatoms. The largest absolute Gasteiger partial charge is 0.272 e. The zero-order valence-corrected chi connectivity index (χ0v) is 15.1. The van der Waals surface area contributed by atoms with Gasteiger partial charge >= 0.3 is 0 Å². The van der Waals surface area contributed by atoms with Crippen molar-refractivity contribution < 1.29 is 8.42 Å². The van der Waals surface area contributed by atoms with Crippen molar-refractivity contribution in [2.75, 3.05) is 7.05 Å². The summed E-state index contributed by atoms with van der Waals surface area (Å²) in [6.07, 6.45) is 0. The Labute approximate surface area is 140 Å².